The number of unbranched alkanes of at least 4 members (excludes halogenated alkanes) is 1. The Hall–Kier alpha value is -0.950. The van der Waals surface area contributed by atoms with Crippen LogP contribution in [0.4, 0.5) is 0 Å². The van der Waals surface area contributed by atoms with Crippen LogP contribution in [0.2, 0.25) is 0 Å². The van der Waals surface area contributed by atoms with Gasteiger partial charge in [0.15, 0.2) is 15.7 Å². The van der Waals surface area contributed by atoms with Crippen LogP contribution < -0.4 is 5.73 Å². The summed E-state index contributed by atoms with van der Waals surface area (Å²) in [5.74, 6) is 0.485. The Morgan fingerprint density at radius 2 is 2.12 bits per heavy atom. The van der Waals surface area contributed by atoms with Crippen molar-refractivity contribution in [3.63, 3.8) is 0 Å². The summed E-state index contributed by atoms with van der Waals surface area (Å²) >= 11 is 0. The highest BCUT2D eigenvalue weighted by molar-refractivity contribution is 7.90. The molecule has 0 saturated carbocycles. The Kier molecular flexibility index (Phi) is 4.64. The fourth-order valence-corrected chi connectivity index (χ4v) is 1.78. The third-order valence-corrected chi connectivity index (χ3v) is 4.14. The molecule has 17 heavy (non-hydrogen) atoms. The monoisotopic (exact) mass is 261 g/mol. The van der Waals surface area contributed by atoms with E-state index in [9.17, 15) is 8.42 Å². The first-order valence-corrected chi connectivity index (χ1v) is 7.59. The van der Waals surface area contributed by atoms with Gasteiger partial charge in [0.25, 0.3) is 0 Å². The standard InChI is InChI=1S/C10H19N3O3S/c1-4-5-6-8(11)10-12-9(13-16-10)7(2)17(3,14)15/h7-8H,4-6,11H2,1-3H3. The summed E-state index contributed by atoms with van der Waals surface area (Å²) in [6.07, 6.45) is 3.91. The van der Waals surface area contributed by atoms with Crippen LogP contribution in [0.5, 0.6) is 0 Å². The van der Waals surface area contributed by atoms with Crippen LogP contribution in [-0.4, -0.2) is 24.8 Å². The quantitative estimate of drug-likeness (QED) is 0.830. The van der Waals surface area contributed by atoms with E-state index < -0.39 is 15.1 Å². The van der Waals surface area contributed by atoms with Crippen molar-refractivity contribution in [1.29, 1.82) is 0 Å². The highest BCUT2D eigenvalue weighted by Crippen LogP contribution is 2.21. The van der Waals surface area contributed by atoms with Gasteiger partial charge in [0, 0.05) is 6.26 Å². The van der Waals surface area contributed by atoms with Gasteiger partial charge >= 0.3 is 0 Å². The Morgan fingerprint density at radius 3 is 2.65 bits per heavy atom. The van der Waals surface area contributed by atoms with E-state index in [0.717, 1.165) is 25.5 Å². The number of hydrogen-bond acceptors (Lipinski definition) is 6. The van der Waals surface area contributed by atoms with Gasteiger partial charge in [-0.05, 0) is 13.3 Å². The van der Waals surface area contributed by atoms with Crippen LogP contribution in [0.1, 0.15) is 56.1 Å². The first-order valence-electron chi connectivity index (χ1n) is 5.64. The van der Waals surface area contributed by atoms with Gasteiger partial charge in [0.1, 0.15) is 5.25 Å². The zero-order valence-corrected chi connectivity index (χ0v) is 11.2. The van der Waals surface area contributed by atoms with Crippen molar-refractivity contribution >= 4 is 9.84 Å². The maximum atomic E-state index is 11.3. The van der Waals surface area contributed by atoms with Crippen LogP contribution in [-0.2, 0) is 9.84 Å². The highest BCUT2D eigenvalue weighted by atomic mass is 32.2. The van der Waals surface area contributed by atoms with Crippen LogP contribution in [0.3, 0.4) is 0 Å². The van der Waals surface area contributed by atoms with Gasteiger partial charge in [0.2, 0.25) is 5.89 Å². The molecule has 1 aromatic rings. The lowest BCUT2D eigenvalue weighted by molar-refractivity contribution is 0.342. The lowest BCUT2D eigenvalue weighted by Gasteiger charge is -2.04. The van der Waals surface area contributed by atoms with Crippen molar-refractivity contribution in [3.8, 4) is 0 Å². The van der Waals surface area contributed by atoms with Gasteiger partial charge in [-0.2, -0.15) is 4.98 Å². The minimum Gasteiger partial charge on any atom is -0.338 e. The molecule has 1 rings (SSSR count). The fourth-order valence-electron chi connectivity index (χ4n) is 1.30. The zero-order valence-electron chi connectivity index (χ0n) is 10.4. The summed E-state index contributed by atoms with van der Waals surface area (Å²) in [6, 6.07) is -0.317. The molecule has 7 heteroatoms. The van der Waals surface area contributed by atoms with Gasteiger partial charge < -0.3 is 10.3 Å². The lowest BCUT2D eigenvalue weighted by Crippen LogP contribution is -2.12. The minimum absolute atomic E-state index is 0.175. The van der Waals surface area contributed by atoms with E-state index in [1.54, 1.807) is 0 Å². The lowest BCUT2D eigenvalue weighted by atomic mass is 10.1. The third-order valence-electron chi connectivity index (χ3n) is 2.65. The number of nitrogens with zero attached hydrogens (tertiary/aromatic N) is 2. The van der Waals surface area contributed by atoms with E-state index >= 15 is 0 Å². The molecule has 2 atom stereocenters. The average molecular weight is 261 g/mol. The van der Waals surface area contributed by atoms with E-state index in [1.165, 1.54) is 6.92 Å². The van der Waals surface area contributed by atoms with E-state index in [2.05, 4.69) is 17.1 Å². The summed E-state index contributed by atoms with van der Waals surface area (Å²) in [5, 5.41) is 2.90. The van der Waals surface area contributed by atoms with Crippen LogP contribution in [0.15, 0.2) is 4.52 Å². The molecular weight excluding hydrogens is 242 g/mol. The molecule has 0 spiro atoms. The SMILES string of the molecule is CCCCC(N)c1nc(C(C)S(C)(=O)=O)no1. The van der Waals surface area contributed by atoms with E-state index in [-0.39, 0.29) is 11.9 Å². The van der Waals surface area contributed by atoms with E-state index in [0.29, 0.717) is 5.89 Å². The minimum atomic E-state index is -3.21. The molecule has 1 heterocycles. The largest absolute Gasteiger partial charge is 0.338 e. The molecule has 0 amide bonds. The summed E-state index contributed by atoms with van der Waals surface area (Å²) in [7, 11) is -3.21. The molecule has 0 aliphatic rings. The summed E-state index contributed by atoms with van der Waals surface area (Å²) in [6.45, 7) is 3.60. The molecule has 0 fully saturated rings. The third kappa shape index (κ3) is 3.78. The number of sulfone groups is 1. The Bertz CT molecular complexity index is 455. The van der Waals surface area contributed by atoms with Gasteiger partial charge in [0.05, 0.1) is 6.04 Å². The molecule has 0 aliphatic carbocycles. The predicted octanol–water partition coefficient (Wildman–Crippen LogP) is 1.37. The molecule has 0 radical (unpaired) electrons. The molecule has 0 aromatic carbocycles. The Morgan fingerprint density at radius 1 is 1.47 bits per heavy atom. The van der Waals surface area contributed by atoms with Crippen molar-refractivity contribution in [2.75, 3.05) is 6.26 Å². The molecule has 2 unspecified atom stereocenters. The van der Waals surface area contributed by atoms with Crippen LogP contribution in [0, 0.1) is 0 Å². The van der Waals surface area contributed by atoms with Crippen molar-refractivity contribution in [1.82, 2.24) is 10.1 Å². The topological polar surface area (TPSA) is 99.1 Å². The van der Waals surface area contributed by atoms with Crippen molar-refractivity contribution in [2.45, 2.75) is 44.4 Å². The summed E-state index contributed by atoms with van der Waals surface area (Å²) in [5.41, 5.74) is 5.86. The van der Waals surface area contributed by atoms with Gasteiger partial charge in [-0.3, -0.25) is 0 Å². The van der Waals surface area contributed by atoms with Crippen molar-refractivity contribution in [2.24, 2.45) is 5.73 Å². The normalized spacial score (nSPS) is 15.8. The maximum absolute atomic E-state index is 11.3. The number of nitrogens with two attached hydrogens (primary N) is 1. The fraction of sp³-hybridized carbons (Fsp3) is 0.800. The molecule has 0 aliphatic heterocycles. The predicted molar refractivity (Wildman–Crippen MR) is 64.0 cm³/mol. The van der Waals surface area contributed by atoms with Gasteiger partial charge in [-0.15, -0.1) is 0 Å². The second-order valence-electron chi connectivity index (χ2n) is 4.21. The molecule has 0 bridgehead atoms. The summed E-state index contributed by atoms with van der Waals surface area (Å²) < 4.78 is 27.6. The number of aromatic nitrogens is 2. The van der Waals surface area contributed by atoms with Crippen molar-refractivity contribution in [3.05, 3.63) is 11.7 Å². The van der Waals surface area contributed by atoms with Crippen molar-refractivity contribution < 1.29 is 12.9 Å². The average Bonchev–Trinajstić information content (AvgIpc) is 2.72. The number of hydrogen-bond donors (Lipinski definition) is 1. The molecule has 6 nitrogen and oxygen atoms in total. The smallest absolute Gasteiger partial charge is 0.243 e. The Balaban J connectivity index is 2.78. The Labute approximate surface area is 102 Å². The van der Waals surface area contributed by atoms with E-state index in [4.69, 9.17) is 10.3 Å². The maximum Gasteiger partial charge on any atom is 0.243 e. The molecule has 1 aromatic heterocycles. The number of rotatable bonds is 6. The molecule has 2 N–H and O–H groups in total. The summed E-state index contributed by atoms with van der Waals surface area (Å²) in [4.78, 5) is 4.05. The second kappa shape index (κ2) is 5.59. The zero-order chi connectivity index (χ0) is 13.1. The first kappa shape index (κ1) is 14.1. The van der Waals surface area contributed by atoms with Crippen LogP contribution >= 0.6 is 0 Å². The van der Waals surface area contributed by atoms with Gasteiger partial charge in [-0.1, -0.05) is 24.9 Å². The van der Waals surface area contributed by atoms with E-state index in [1.807, 2.05) is 0 Å². The first-order chi connectivity index (χ1) is 7.86. The second-order valence-corrected chi connectivity index (χ2v) is 6.58. The molecule has 98 valence electrons. The molecular formula is C10H19N3O3S. The highest BCUT2D eigenvalue weighted by Gasteiger charge is 2.24. The van der Waals surface area contributed by atoms with Crippen LogP contribution in [0.25, 0.3) is 0 Å². The van der Waals surface area contributed by atoms with Gasteiger partial charge in [-0.25, -0.2) is 8.42 Å². The molecule has 0 saturated heterocycles.